The van der Waals surface area contributed by atoms with Crippen molar-refractivity contribution in [3.8, 4) is 17.6 Å². The van der Waals surface area contributed by atoms with Crippen LogP contribution in [-0.2, 0) is 14.3 Å². The standard InChI is InChI=1S/C22H19IN2O6/c1-4-30-22(28)15-5-7-17(8-6-15)25-21(27)16(12-24)9-14-10-18(23)20(31-13(2)26)19(11-14)29-3/h5-11H,4H2,1-3H3,(H,25,27)/b16-9+. The van der Waals surface area contributed by atoms with Crippen LogP contribution in [0.25, 0.3) is 6.08 Å². The monoisotopic (exact) mass is 534 g/mol. The summed E-state index contributed by atoms with van der Waals surface area (Å²) in [5, 5.41) is 12.0. The van der Waals surface area contributed by atoms with Crippen molar-refractivity contribution in [3.05, 3.63) is 56.7 Å². The number of nitriles is 1. The maximum absolute atomic E-state index is 12.5. The minimum Gasteiger partial charge on any atom is -0.493 e. The summed E-state index contributed by atoms with van der Waals surface area (Å²) in [4.78, 5) is 35.5. The fourth-order valence-electron chi connectivity index (χ4n) is 2.48. The fraction of sp³-hybridized carbons (Fsp3) is 0.182. The molecule has 0 spiro atoms. The zero-order chi connectivity index (χ0) is 23.0. The molecule has 2 aromatic rings. The van der Waals surface area contributed by atoms with Gasteiger partial charge in [0.1, 0.15) is 11.6 Å². The van der Waals surface area contributed by atoms with Crippen LogP contribution in [0.4, 0.5) is 5.69 Å². The van der Waals surface area contributed by atoms with Crippen LogP contribution < -0.4 is 14.8 Å². The number of carbonyl (C=O) groups is 3. The summed E-state index contributed by atoms with van der Waals surface area (Å²) in [5.41, 5.74) is 1.14. The fourth-order valence-corrected chi connectivity index (χ4v) is 3.22. The van der Waals surface area contributed by atoms with Crippen molar-refractivity contribution >= 4 is 52.2 Å². The summed E-state index contributed by atoms with van der Waals surface area (Å²) in [6.45, 7) is 3.25. The third kappa shape index (κ3) is 6.55. The molecule has 0 heterocycles. The van der Waals surface area contributed by atoms with Gasteiger partial charge in [0.2, 0.25) is 0 Å². The highest BCUT2D eigenvalue weighted by molar-refractivity contribution is 14.1. The Morgan fingerprint density at radius 1 is 1.19 bits per heavy atom. The van der Waals surface area contributed by atoms with Crippen molar-refractivity contribution in [1.29, 1.82) is 5.26 Å². The van der Waals surface area contributed by atoms with Gasteiger partial charge in [-0.25, -0.2) is 4.79 Å². The van der Waals surface area contributed by atoms with Crippen molar-refractivity contribution in [3.63, 3.8) is 0 Å². The van der Waals surface area contributed by atoms with E-state index in [1.54, 1.807) is 31.2 Å². The maximum atomic E-state index is 12.5. The van der Waals surface area contributed by atoms with E-state index >= 15 is 0 Å². The number of rotatable bonds is 7. The van der Waals surface area contributed by atoms with Crippen molar-refractivity contribution in [2.24, 2.45) is 0 Å². The lowest BCUT2D eigenvalue weighted by atomic mass is 10.1. The summed E-state index contributed by atoms with van der Waals surface area (Å²) in [6.07, 6.45) is 1.39. The van der Waals surface area contributed by atoms with Crippen LogP contribution in [0.3, 0.4) is 0 Å². The highest BCUT2D eigenvalue weighted by atomic mass is 127. The van der Waals surface area contributed by atoms with Crippen molar-refractivity contribution in [1.82, 2.24) is 0 Å². The van der Waals surface area contributed by atoms with E-state index in [-0.39, 0.29) is 17.9 Å². The van der Waals surface area contributed by atoms with Gasteiger partial charge in [-0.05, 0) is 77.6 Å². The Bertz CT molecular complexity index is 1070. The van der Waals surface area contributed by atoms with Gasteiger partial charge in [-0.2, -0.15) is 5.26 Å². The van der Waals surface area contributed by atoms with Crippen LogP contribution in [0.1, 0.15) is 29.8 Å². The van der Waals surface area contributed by atoms with Gasteiger partial charge < -0.3 is 19.5 Å². The van der Waals surface area contributed by atoms with Gasteiger partial charge >= 0.3 is 11.9 Å². The van der Waals surface area contributed by atoms with E-state index in [2.05, 4.69) is 5.32 Å². The van der Waals surface area contributed by atoms with Crippen LogP contribution in [0.5, 0.6) is 11.5 Å². The second kappa shape index (κ2) is 11.1. The largest absolute Gasteiger partial charge is 0.493 e. The Balaban J connectivity index is 2.24. The summed E-state index contributed by atoms with van der Waals surface area (Å²) >= 11 is 1.97. The van der Waals surface area contributed by atoms with E-state index in [0.29, 0.717) is 26.1 Å². The molecule has 0 unspecified atom stereocenters. The summed E-state index contributed by atoms with van der Waals surface area (Å²) in [7, 11) is 1.42. The number of esters is 2. The van der Waals surface area contributed by atoms with Crippen LogP contribution >= 0.6 is 22.6 Å². The average Bonchev–Trinajstić information content (AvgIpc) is 2.73. The number of ether oxygens (including phenoxy) is 3. The number of methoxy groups -OCH3 is 1. The number of halogens is 1. The maximum Gasteiger partial charge on any atom is 0.338 e. The number of hydrogen-bond acceptors (Lipinski definition) is 7. The molecule has 31 heavy (non-hydrogen) atoms. The third-order valence-electron chi connectivity index (χ3n) is 3.83. The molecule has 1 N–H and O–H groups in total. The van der Waals surface area contributed by atoms with Gasteiger partial charge in [-0.3, -0.25) is 9.59 Å². The molecule has 0 bridgehead atoms. The van der Waals surface area contributed by atoms with Gasteiger partial charge in [-0.1, -0.05) is 0 Å². The lowest BCUT2D eigenvalue weighted by Crippen LogP contribution is -2.13. The molecular weight excluding hydrogens is 515 g/mol. The number of amides is 1. The molecule has 0 saturated heterocycles. The Hall–Kier alpha value is -3.39. The zero-order valence-electron chi connectivity index (χ0n) is 17.0. The number of carbonyl (C=O) groups excluding carboxylic acids is 3. The first-order chi connectivity index (χ1) is 14.8. The molecule has 1 amide bonds. The van der Waals surface area contributed by atoms with Gasteiger partial charge in [0.05, 0.1) is 22.9 Å². The number of nitrogens with one attached hydrogen (secondary N) is 1. The first kappa shape index (κ1) is 23.9. The second-order valence-corrected chi connectivity index (χ2v) is 7.21. The minimum absolute atomic E-state index is 0.146. The van der Waals surface area contributed by atoms with Crippen molar-refractivity contribution < 1.29 is 28.6 Å². The van der Waals surface area contributed by atoms with Crippen LogP contribution in [0.15, 0.2) is 42.0 Å². The van der Waals surface area contributed by atoms with Gasteiger partial charge in [0.25, 0.3) is 5.91 Å². The quantitative estimate of drug-likeness (QED) is 0.188. The average molecular weight is 534 g/mol. The molecular formula is C22H19IN2O6. The molecule has 0 aliphatic carbocycles. The van der Waals surface area contributed by atoms with E-state index in [4.69, 9.17) is 14.2 Å². The van der Waals surface area contributed by atoms with Gasteiger partial charge in [0, 0.05) is 12.6 Å². The predicted molar refractivity (Wildman–Crippen MR) is 122 cm³/mol. The molecule has 0 atom stereocenters. The van der Waals surface area contributed by atoms with Gasteiger partial charge in [-0.15, -0.1) is 0 Å². The number of benzene rings is 2. The summed E-state index contributed by atoms with van der Waals surface area (Å²) in [6, 6.07) is 11.2. The van der Waals surface area contributed by atoms with Crippen molar-refractivity contribution in [2.75, 3.05) is 19.0 Å². The molecule has 2 aromatic carbocycles. The predicted octanol–water partition coefficient (Wildman–Crippen LogP) is 3.95. The van der Waals surface area contributed by atoms with E-state index in [9.17, 15) is 19.6 Å². The summed E-state index contributed by atoms with van der Waals surface area (Å²) < 4.78 is 15.9. The molecule has 0 saturated carbocycles. The Morgan fingerprint density at radius 3 is 2.42 bits per heavy atom. The molecule has 0 radical (unpaired) electrons. The molecule has 0 fully saturated rings. The van der Waals surface area contributed by atoms with E-state index in [1.807, 2.05) is 28.7 Å². The smallest absolute Gasteiger partial charge is 0.338 e. The molecule has 0 aliphatic heterocycles. The molecule has 0 aromatic heterocycles. The van der Waals surface area contributed by atoms with E-state index in [0.717, 1.165) is 0 Å². The van der Waals surface area contributed by atoms with Crippen LogP contribution in [0.2, 0.25) is 0 Å². The Morgan fingerprint density at radius 2 is 1.87 bits per heavy atom. The highest BCUT2D eigenvalue weighted by Gasteiger charge is 2.15. The highest BCUT2D eigenvalue weighted by Crippen LogP contribution is 2.34. The number of anilines is 1. The second-order valence-electron chi connectivity index (χ2n) is 6.05. The van der Waals surface area contributed by atoms with Crippen LogP contribution in [-0.4, -0.2) is 31.6 Å². The van der Waals surface area contributed by atoms with Crippen LogP contribution in [0, 0.1) is 14.9 Å². The Labute approximate surface area is 192 Å². The molecule has 2 rings (SSSR count). The molecule has 8 nitrogen and oxygen atoms in total. The molecule has 0 aliphatic rings. The topological polar surface area (TPSA) is 115 Å². The third-order valence-corrected chi connectivity index (χ3v) is 4.63. The number of hydrogen-bond donors (Lipinski definition) is 1. The lowest BCUT2D eigenvalue weighted by molar-refractivity contribution is -0.132. The normalized spacial score (nSPS) is 10.6. The number of nitrogens with zero attached hydrogens (tertiary/aromatic N) is 1. The zero-order valence-corrected chi connectivity index (χ0v) is 19.2. The molecule has 9 heteroatoms. The SMILES string of the molecule is CCOC(=O)c1ccc(NC(=O)/C(C#N)=C/c2cc(I)c(OC(C)=O)c(OC)c2)cc1. The van der Waals surface area contributed by atoms with E-state index < -0.39 is 17.8 Å². The summed E-state index contributed by atoms with van der Waals surface area (Å²) in [5.74, 6) is -1.02. The van der Waals surface area contributed by atoms with Crippen molar-refractivity contribution in [2.45, 2.75) is 13.8 Å². The van der Waals surface area contributed by atoms with E-state index in [1.165, 1.54) is 32.2 Å². The first-order valence-electron chi connectivity index (χ1n) is 9.05. The first-order valence-corrected chi connectivity index (χ1v) is 10.1. The minimum atomic E-state index is -0.621. The van der Waals surface area contributed by atoms with Gasteiger partial charge in [0.15, 0.2) is 11.5 Å². The molecule has 160 valence electrons. The Kier molecular flexibility index (Phi) is 8.57. The lowest BCUT2D eigenvalue weighted by Gasteiger charge is -2.11.